The number of likely N-dealkylation sites (N-methyl/N-ethyl adjacent to an activating group) is 2. The van der Waals surface area contributed by atoms with Crippen LogP contribution in [0.25, 0.3) is 0 Å². The predicted octanol–water partition coefficient (Wildman–Crippen LogP) is 0.956. The molecule has 1 fully saturated rings. The first-order chi connectivity index (χ1) is 9.47. The quantitative estimate of drug-likeness (QED) is 0.653. The molecule has 1 atom stereocenters. The van der Waals surface area contributed by atoms with Gasteiger partial charge in [-0.05, 0) is 27.1 Å². The van der Waals surface area contributed by atoms with Crippen molar-refractivity contribution in [2.24, 2.45) is 0 Å². The second kappa shape index (κ2) is 6.15. The van der Waals surface area contributed by atoms with Crippen LogP contribution in [0.4, 0.5) is 11.5 Å². The van der Waals surface area contributed by atoms with Crippen LogP contribution in [0, 0.1) is 17.0 Å². The molecular formula is C13H21N5O2. The lowest BCUT2D eigenvalue weighted by atomic mass is 10.2. The summed E-state index contributed by atoms with van der Waals surface area (Å²) >= 11 is 0. The van der Waals surface area contributed by atoms with E-state index in [1.54, 1.807) is 13.0 Å². The maximum Gasteiger partial charge on any atom is 0.290 e. The first-order valence-corrected chi connectivity index (χ1v) is 6.71. The summed E-state index contributed by atoms with van der Waals surface area (Å²) in [5, 5.41) is 14.0. The van der Waals surface area contributed by atoms with Gasteiger partial charge in [-0.2, -0.15) is 0 Å². The summed E-state index contributed by atoms with van der Waals surface area (Å²) < 4.78 is 0. The molecule has 1 aliphatic rings. The number of nitrogens with zero attached hydrogens (tertiary/aromatic N) is 4. The summed E-state index contributed by atoms with van der Waals surface area (Å²) in [6, 6.07) is 2.15. The SMILES string of the molecule is Cc1cc(NCC2CN(C)CCN2C)ncc1[N+](=O)[O-]. The molecule has 0 bridgehead atoms. The molecule has 0 radical (unpaired) electrons. The first-order valence-electron chi connectivity index (χ1n) is 6.71. The molecule has 0 saturated carbocycles. The monoisotopic (exact) mass is 279 g/mol. The van der Waals surface area contributed by atoms with Gasteiger partial charge >= 0.3 is 0 Å². The summed E-state index contributed by atoms with van der Waals surface area (Å²) in [4.78, 5) is 19.1. The van der Waals surface area contributed by atoms with Gasteiger partial charge in [0.1, 0.15) is 12.0 Å². The van der Waals surface area contributed by atoms with Gasteiger partial charge in [0.15, 0.2) is 0 Å². The van der Waals surface area contributed by atoms with E-state index in [1.807, 2.05) is 0 Å². The average molecular weight is 279 g/mol. The van der Waals surface area contributed by atoms with E-state index in [0.29, 0.717) is 17.4 Å². The number of nitro groups is 1. The van der Waals surface area contributed by atoms with Gasteiger partial charge in [-0.1, -0.05) is 0 Å². The highest BCUT2D eigenvalue weighted by molar-refractivity contribution is 5.46. The Morgan fingerprint density at radius 3 is 2.90 bits per heavy atom. The average Bonchev–Trinajstić information content (AvgIpc) is 2.39. The molecule has 20 heavy (non-hydrogen) atoms. The molecule has 1 aliphatic heterocycles. The smallest absolute Gasteiger partial charge is 0.290 e. The van der Waals surface area contributed by atoms with Crippen molar-refractivity contribution in [3.05, 3.63) is 27.9 Å². The Bertz CT molecular complexity index is 494. The van der Waals surface area contributed by atoms with Crippen LogP contribution in [0.1, 0.15) is 5.56 Å². The Hall–Kier alpha value is -1.73. The Morgan fingerprint density at radius 2 is 2.25 bits per heavy atom. The van der Waals surface area contributed by atoms with Crippen molar-refractivity contribution in [3.8, 4) is 0 Å². The molecule has 7 nitrogen and oxygen atoms in total. The third-order valence-corrected chi connectivity index (χ3v) is 3.78. The highest BCUT2D eigenvalue weighted by atomic mass is 16.6. The predicted molar refractivity (Wildman–Crippen MR) is 78.0 cm³/mol. The Kier molecular flexibility index (Phi) is 4.51. The number of aromatic nitrogens is 1. The van der Waals surface area contributed by atoms with Crippen molar-refractivity contribution >= 4 is 11.5 Å². The van der Waals surface area contributed by atoms with E-state index in [-0.39, 0.29) is 5.69 Å². The number of nitrogens with one attached hydrogen (secondary N) is 1. The van der Waals surface area contributed by atoms with Crippen LogP contribution >= 0.6 is 0 Å². The van der Waals surface area contributed by atoms with Crippen LogP contribution in [0.3, 0.4) is 0 Å². The fraction of sp³-hybridized carbons (Fsp3) is 0.615. The maximum absolute atomic E-state index is 10.8. The molecule has 1 aromatic rings. The minimum atomic E-state index is -0.407. The van der Waals surface area contributed by atoms with Crippen molar-refractivity contribution in [3.63, 3.8) is 0 Å². The molecule has 1 unspecified atom stereocenters. The summed E-state index contributed by atoms with van der Waals surface area (Å²) in [6.07, 6.45) is 1.31. The van der Waals surface area contributed by atoms with Gasteiger partial charge in [-0.25, -0.2) is 4.98 Å². The fourth-order valence-electron chi connectivity index (χ4n) is 2.38. The van der Waals surface area contributed by atoms with Crippen LogP contribution in [0.15, 0.2) is 12.3 Å². The number of aryl methyl sites for hydroxylation is 1. The number of hydrogen-bond donors (Lipinski definition) is 1. The van der Waals surface area contributed by atoms with Crippen LogP contribution in [0.2, 0.25) is 0 Å². The highest BCUT2D eigenvalue weighted by Gasteiger charge is 2.22. The topological polar surface area (TPSA) is 74.5 Å². The zero-order chi connectivity index (χ0) is 14.7. The summed E-state index contributed by atoms with van der Waals surface area (Å²) in [6.45, 7) is 5.66. The lowest BCUT2D eigenvalue weighted by molar-refractivity contribution is -0.385. The minimum absolute atomic E-state index is 0.0602. The van der Waals surface area contributed by atoms with Crippen LogP contribution in [0.5, 0.6) is 0 Å². The van der Waals surface area contributed by atoms with Crippen LogP contribution in [-0.2, 0) is 0 Å². The van der Waals surface area contributed by atoms with E-state index in [0.717, 1.165) is 26.2 Å². The number of piperazine rings is 1. The van der Waals surface area contributed by atoms with Gasteiger partial charge < -0.3 is 10.2 Å². The zero-order valence-corrected chi connectivity index (χ0v) is 12.2. The molecule has 1 saturated heterocycles. The Labute approximate surface area is 118 Å². The van der Waals surface area contributed by atoms with E-state index in [9.17, 15) is 10.1 Å². The van der Waals surface area contributed by atoms with Gasteiger partial charge in [0.25, 0.3) is 5.69 Å². The first kappa shape index (κ1) is 14.7. The number of rotatable bonds is 4. The molecule has 0 amide bonds. The minimum Gasteiger partial charge on any atom is -0.368 e. The van der Waals surface area contributed by atoms with Crippen molar-refractivity contribution in [1.29, 1.82) is 0 Å². The van der Waals surface area contributed by atoms with Crippen molar-refractivity contribution in [1.82, 2.24) is 14.8 Å². The molecule has 0 spiro atoms. The third-order valence-electron chi connectivity index (χ3n) is 3.78. The summed E-state index contributed by atoms with van der Waals surface area (Å²) in [5.74, 6) is 0.690. The Morgan fingerprint density at radius 1 is 1.50 bits per heavy atom. The molecule has 1 N–H and O–H groups in total. The molecule has 0 aromatic carbocycles. The number of hydrogen-bond acceptors (Lipinski definition) is 6. The van der Waals surface area contributed by atoms with Gasteiger partial charge in [0, 0.05) is 37.8 Å². The standard InChI is InChI=1S/C13H21N5O2/c1-10-6-13(15-8-12(10)18(19)20)14-7-11-9-16(2)4-5-17(11)3/h6,8,11H,4-5,7,9H2,1-3H3,(H,14,15). The van der Waals surface area contributed by atoms with Crippen LogP contribution in [-0.4, -0.2) is 66.0 Å². The molecule has 2 rings (SSSR count). The number of pyridine rings is 1. The molecule has 2 heterocycles. The molecular weight excluding hydrogens is 258 g/mol. The molecule has 7 heteroatoms. The van der Waals surface area contributed by atoms with E-state index in [4.69, 9.17) is 0 Å². The second-order valence-electron chi connectivity index (χ2n) is 5.39. The molecule has 0 aliphatic carbocycles. The lowest BCUT2D eigenvalue weighted by Crippen LogP contribution is -2.52. The van der Waals surface area contributed by atoms with Crippen molar-refractivity contribution < 1.29 is 4.92 Å². The van der Waals surface area contributed by atoms with Crippen LogP contribution < -0.4 is 5.32 Å². The van der Waals surface area contributed by atoms with Gasteiger partial charge in [0.05, 0.1) is 4.92 Å². The zero-order valence-electron chi connectivity index (χ0n) is 12.2. The van der Waals surface area contributed by atoms with E-state index in [1.165, 1.54) is 6.20 Å². The third kappa shape index (κ3) is 3.43. The summed E-state index contributed by atoms with van der Waals surface area (Å²) in [5.41, 5.74) is 0.687. The highest BCUT2D eigenvalue weighted by Crippen LogP contribution is 2.19. The van der Waals surface area contributed by atoms with E-state index in [2.05, 4.69) is 34.2 Å². The normalized spacial score (nSPS) is 20.9. The number of anilines is 1. The van der Waals surface area contributed by atoms with E-state index < -0.39 is 4.92 Å². The van der Waals surface area contributed by atoms with Gasteiger partial charge in [-0.15, -0.1) is 0 Å². The van der Waals surface area contributed by atoms with E-state index >= 15 is 0 Å². The maximum atomic E-state index is 10.8. The Balaban J connectivity index is 1.97. The van der Waals surface area contributed by atoms with Gasteiger partial charge in [0.2, 0.25) is 0 Å². The lowest BCUT2D eigenvalue weighted by Gasteiger charge is -2.37. The molecule has 1 aromatic heterocycles. The second-order valence-corrected chi connectivity index (χ2v) is 5.39. The summed E-state index contributed by atoms with van der Waals surface area (Å²) in [7, 11) is 4.24. The molecule has 110 valence electrons. The van der Waals surface area contributed by atoms with Crippen molar-refractivity contribution in [2.45, 2.75) is 13.0 Å². The largest absolute Gasteiger partial charge is 0.368 e. The van der Waals surface area contributed by atoms with Gasteiger partial charge in [-0.3, -0.25) is 15.0 Å². The van der Waals surface area contributed by atoms with Crippen molar-refractivity contribution in [2.75, 3.05) is 45.6 Å². The fourth-order valence-corrected chi connectivity index (χ4v) is 2.38.